The summed E-state index contributed by atoms with van der Waals surface area (Å²) in [4.78, 5) is 0. The number of nitrogens with two attached hydrogens (primary N) is 1. The van der Waals surface area contributed by atoms with E-state index in [9.17, 15) is 0 Å². The second kappa shape index (κ2) is 6.46. The lowest BCUT2D eigenvalue weighted by Gasteiger charge is -2.11. The van der Waals surface area contributed by atoms with Gasteiger partial charge in [0.25, 0.3) is 0 Å². The molecule has 0 saturated heterocycles. The number of rotatable bonds is 5. The van der Waals surface area contributed by atoms with Gasteiger partial charge in [-0.25, -0.2) is 4.68 Å². The number of nitrogens with zero attached hydrogens (tertiary/aromatic N) is 2. The first kappa shape index (κ1) is 15.6. The van der Waals surface area contributed by atoms with Crippen LogP contribution in [0.1, 0.15) is 18.1 Å². The third-order valence-corrected chi connectivity index (χ3v) is 3.78. The summed E-state index contributed by atoms with van der Waals surface area (Å²) in [7, 11) is 0. The van der Waals surface area contributed by atoms with Crippen molar-refractivity contribution in [2.24, 2.45) is 0 Å². The number of nitrogen functional groups attached to an aromatic ring is 1. The minimum Gasteiger partial charge on any atom is -0.383 e. The lowest BCUT2D eigenvalue weighted by molar-refractivity contribution is 0.891. The monoisotopic (exact) mass is 316 g/mol. The van der Waals surface area contributed by atoms with Gasteiger partial charge in [-0.1, -0.05) is 49.1 Å². The largest absolute Gasteiger partial charge is 0.383 e. The number of allylic oxidation sites excluding steroid dienone is 1. The molecule has 0 aliphatic heterocycles. The first-order chi connectivity index (χ1) is 11.6. The molecule has 0 unspecified atom stereocenters. The lowest BCUT2D eigenvalue weighted by Crippen LogP contribution is -2.04. The second-order valence-corrected chi connectivity index (χ2v) is 5.66. The fraction of sp³-hybridized carbons (Fsp3) is 0.0500. The van der Waals surface area contributed by atoms with Crippen molar-refractivity contribution < 1.29 is 0 Å². The van der Waals surface area contributed by atoms with E-state index in [0.29, 0.717) is 11.5 Å². The maximum Gasteiger partial charge on any atom is 0.136 e. The van der Waals surface area contributed by atoms with Crippen LogP contribution < -0.4 is 11.1 Å². The number of anilines is 2. The van der Waals surface area contributed by atoms with Gasteiger partial charge in [0.05, 0.1) is 17.4 Å². The zero-order valence-corrected chi connectivity index (χ0v) is 13.7. The molecular formula is C20H20N4. The average Bonchev–Trinajstić information content (AvgIpc) is 2.97. The van der Waals surface area contributed by atoms with E-state index in [1.165, 1.54) is 0 Å². The van der Waals surface area contributed by atoms with Crippen LogP contribution in [0.15, 0.2) is 74.0 Å². The van der Waals surface area contributed by atoms with Gasteiger partial charge in [0.15, 0.2) is 0 Å². The summed E-state index contributed by atoms with van der Waals surface area (Å²) >= 11 is 0. The molecule has 1 heterocycles. The fourth-order valence-electron chi connectivity index (χ4n) is 2.47. The lowest BCUT2D eigenvalue weighted by atomic mass is 10.1. The van der Waals surface area contributed by atoms with E-state index in [1.54, 1.807) is 10.9 Å². The first-order valence-electron chi connectivity index (χ1n) is 7.67. The Hall–Kier alpha value is -3.27. The highest BCUT2D eigenvalue weighted by Gasteiger charge is 2.12. The van der Waals surface area contributed by atoms with Gasteiger partial charge < -0.3 is 11.1 Å². The van der Waals surface area contributed by atoms with Crippen LogP contribution in [0.2, 0.25) is 0 Å². The number of nitrogens with one attached hydrogen (secondary N) is 1. The van der Waals surface area contributed by atoms with Crippen molar-refractivity contribution in [2.45, 2.75) is 6.92 Å². The molecule has 120 valence electrons. The van der Waals surface area contributed by atoms with E-state index in [-0.39, 0.29) is 0 Å². The molecule has 0 amide bonds. The predicted molar refractivity (Wildman–Crippen MR) is 102 cm³/mol. The molecule has 0 atom stereocenters. The molecule has 0 saturated carbocycles. The Kier molecular flexibility index (Phi) is 4.20. The van der Waals surface area contributed by atoms with Crippen molar-refractivity contribution in [3.05, 3.63) is 85.1 Å². The quantitative estimate of drug-likeness (QED) is 0.725. The number of benzene rings is 2. The highest BCUT2D eigenvalue weighted by Crippen LogP contribution is 2.25. The number of aromatic nitrogens is 2. The zero-order chi connectivity index (χ0) is 17.1. The third-order valence-electron chi connectivity index (χ3n) is 3.78. The van der Waals surface area contributed by atoms with Crippen molar-refractivity contribution in [1.82, 2.24) is 9.78 Å². The topological polar surface area (TPSA) is 55.9 Å². The van der Waals surface area contributed by atoms with Gasteiger partial charge in [-0.2, -0.15) is 5.10 Å². The van der Waals surface area contributed by atoms with E-state index in [2.05, 4.69) is 23.6 Å². The molecule has 0 radical (unpaired) electrons. The molecule has 1 aromatic heterocycles. The average molecular weight is 316 g/mol. The Morgan fingerprint density at radius 3 is 2.54 bits per heavy atom. The number of hydrogen-bond acceptors (Lipinski definition) is 3. The normalized spacial score (nSPS) is 10.4. The second-order valence-electron chi connectivity index (χ2n) is 5.66. The molecule has 4 nitrogen and oxygen atoms in total. The summed E-state index contributed by atoms with van der Waals surface area (Å²) in [5.41, 5.74) is 11.7. The van der Waals surface area contributed by atoms with E-state index < -0.39 is 0 Å². The Labute approximate surface area is 141 Å². The van der Waals surface area contributed by atoms with E-state index in [1.807, 2.05) is 61.5 Å². The van der Waals surface area contributed by atoms with Crippen molar-refractivity contribution in [3.63, 3.8) is 0 Å². The SMILES string of the molecule is C=C(C)c1cccc(NC(=C)c2cnn(-c3ccccc3)c2N)c1. The van der Waals surface area contributed by atoms with Crippen molar-refractivity contribution in [3.8, 4) is 5.69 Å². The molecule has 0 fully saturated rings. The van der Waals surface area contributed by atoms with Crippen LogP contribution in [0.3, 0.4) is 0 Å². The Bertz CT molecular complexity index is 891. The molecule has 0 spiro atoms. The Balaban J connectivity index is 1.85. The van der Waals surface area contributed by atoms with E-state index in [0.717, 1.165) is 28.1 Å². The van der Waals surface area contributed by atoms with E-state index in [4.69, 9.17) is 5.73 Å². The van der Waals surface area contributed by atoms with Crippen molar-refractivity contribution >= 4 is 22.8 Å². The van der Waals surface area contributed by atoms with Gasteiger partial charge in [0, 0.05) is 11.4 Å². The van der Waals surface area contributed by atoms with Crippen LogP contribution in [0, 0.1) is 0 Å². The summed E-state index contributed by atoms with van der Waals surface area (Å²) in [6.45, 7) is 10.0. The summed E-state index contributed by atoms with van der Waals surface area (Å²) in [6, 6.07) is 17.8. The Morgan fingerprint density at radius 1 is 1.08 bits per heavy atom. The molecule has 0 aliphatic rings. The molecule has 24 heavy (non-hydrogen) atoms. The first-order valence-corrected chi connectivity index (χ1v) is 7.67. The maximum atomic E-state index is 6.25. The van der Waals surface area contributed by atoms with Gasteiger partial charge in [-0.15, -0.1) is 0 Å². The minimum atomic E-state index is 0.551. The summed E-state index contributed by atoms with van der Waals surface area (Å²) in [6.07, 6.45) is 1.72. The highest BCUT2D eigenvalue weighted by molar-refractivity contribution is 5.81. The smallest absolute Gasteiger partial charge is 0.136 e. The van der Waals surface area contributed by atoms with Crippen LogP contribution >= 0.6 is 0 Å². The third kappa shape index (κ3) is 3.08. The maximum absolute atomic E-state index is 6.25. The molecule has 4 heteroatoms. The zero-order valence-electron chi connectivity index (χ0n) is 13.7. The van der Waals surface area contributed by atoms with Crippen LogP contribution in [0.4, 0.5) is 11.5 Å². The predicted octanol–water partition coefficient (Wildman–Crippen LogP) is 4.57. The summed E-state index contributed by atoms with van der Waals surface area (Å²) in [5, 5.41) is 7.66. The molecule has 3 rings (SSSR count). The van der Waals surface area contributed by atoms with Crippen LogP contribution in [-0.2, 0) is 0 Å². The van der Waals surface area contributed by atoms with Crippen LogP contribution in [0.5, 0.6) is 0 Å². The fourth-order valence-corrected chi connectivity index (χ4v) is 2.47. The van der Waals surface area contributed by atoms with Gasteiger partial charge >= 0.3 is 0 Å². The van der Waals surface area contributed by atoms with E-state index >= 15 is 0 Å². The molecule has 2 aromatic carbocycles. The van der Waals surface area contributed by atoms with Crippen molar-refractivity contribution in [1.29, 1.82) is 0 Å². The molecule has 3 aromatic rings. The molecule has 3 N–H and O–H groups in total. The molecule has 0 aliphatic carbocycles. The number of para-hydroxylation sites is 1. The molecular weight excluding hydrogens is 296 g/mol. The highest BCUT2D eigenvalue weighted by atomic mass is 15.3. The minimum absolute atomic E-state index is 0.551. The molecule has 0 bridgehead atoms. The summed E-state index contributed by atoms with van der Waals surface area (Å²) < 4.78 is 1.70. The summed E-state index contributed by atoms with van der Waals surface area (Å²) in [5.74, 6) is 0.551. The van der Waals surface area contributed by atoms with Gasteiger partial charge in [0.2, 0.25) is 0 Å². The van der Waals surface area contributed by atoms with Crippen molar-refractivity contribution in [2.75, 3.05) is 11.1 Å². The number of hydrogen-bond donors (Lipinski definition) is 2. The van der Waals surface area contributed by atoms with Gasteiger partial charge in [-0.05, 0) is 36.8 Å². The van der Waals surface area contributed by atoms with Crippen LogP contribution in [0.25, 0.3) is 17.0 Å². The van der Waals surface area contributed by atoms with Gasteiger partial charge in [-0.3, -0.25) is 0 Å². The standard InChI is InChI=1S/C20H20N4/c1-14(2)16-8-7-9-17(12-16)23-15(3)19-13-22-24(20(19)21)18-10-5-4-6-11-18/h4-13,23H,1,3,21H2,2H3. The van der Waals surface area contributed by atoms with Crippen LogP contribution in [-0.4, -0.2) is 9.78 Å². The Morgan fingerprint density at radius 2 is 1.83 bits per heavy atom. The van der Waals surface area contributed by atoms with Gasteiger partial charge in [0.1, 0.15) is 5.82 Å².